The normalized spacial score (nSPS) is 11.2. The molecule has 4 heteroatoms. The molecule has 0 fully saturated rings. The van der Waals surface area contributed by atoms with Crippen LogP contribution in [-0.4, -0.2) is 20.9 Å². The Balaban J connectivity index is 2.71. The predicted octanol–water partition coefficient (Wildman–Crippen LogP) is 1.83. The summed E-state index contributed by atoms with van der Waals surface area (Å²) in [5, 5.41) is 7.76. The minimum Gasteiger partial charge on any atom is -0.254 e. The van der Waals surface area contributed by atoms with Crippen molar-refractivity contribution in [3.05, 3.63) is 5.82 Å². The van der Waals surface area contributed by atoms with Gasteiger partial charge in [0.1, 0.15) is 0 Å². The fraction of sp³-hybridized carbons (Fsp3) is 0.556. The molecule has 0 aliphatic carbocycles. The SMILES string of the molecule is C#CCSc1nc(C(C)(C)C)n[nH]1. The fourth-order valence-electron chi connectivity index (χ4n) is 0.757. The number of thioether (sulfide) groups is 1. The first kappa shape index (κ1) is 10.1. The van der Waals surface area contributed by atoms with Crippen molar-refractivity contribution >= 4 is 11.8 Å². The minimum absolute atomic E-state index is 0.00848. The number of nitrogens with zero attached hydrogens (tertiary/aromatic N) is 2. The molecule has 0 atom stereocenters. The summed E-state index contributed by atoms with van der Waals surface area (Å²) in [6.45, 7) is 6.23. The molecule has 70 valence electrons. The summed E-state index contributed by atoms with van der Waals surface area (Å²) in [6, 6.07) is 0. The van der Waals surface area contributed by atoms with Gasteiger partial charge in [-0.3, -0.25) is 5.10 Å². The van der Waals surface area contributed by atoms with Crippen LogP contribution in [0.5, 0.6) is 0 Å². The largest absolute Gasteiger partial charge is 0.254 e. The second-order valence-electron chi connectivity index (χ2n) is 3.71. The van der Waals surface area contributed by atoms with Crippen LogP contribution >= 0.6 is 11.8 Å². The number of hydrogen-bond acceptors (Lipinski definition) is 3. The van der Waals surface area contributed by atoms with Gasteiger partial charge in [-0.15, -0.1) is 6.42 Å². The molecule has 0 unspecified atom stereocenters. The van der Waals surface area contributed by atoms with Crippen LogP contribution in [0.3, 0.4) is 0 Å². The standard InChI is InChI=1S/C9H13N3S/c1-5-6-13-8-10-7(11-12-8)9(2,3)4/h1H,6H2,2-4H3,(H,10,11,12). The summed E-state index contributed by atoms with van der Waals surface area (Å²) in [5.74, 6) is 3.99. The lowest BCUT2D eigenvalue weighted by atomic mass is 9.96. The molecule has 13 heavy (non-hydrogen) atoms. The van der Waals surface area contributed by atoms with E-state index in [1.54, 1.807) is 0 Å². The van der Waals surface area contributed by atoms with E-state index >= 15 is 0 Å². The molecule has 0 spiro atoms. The van der Waals surface area contributed by atoms with E-state index in [9.17, 15) is 0 Å². The second kappa shape index (κ2) is 3.84. The van der Waals surface area contributed by atoms with Crippen LogP contribution < -0.4 is 0 Å². The molecule has 3 nitrogen and oxygen atoms in total. The van der Waals surface area contributed by atoms with E-state index in [-0.39, 0.29) is 5.41 Å². The van der Waals surface area contributed by atoms with Crippen molar-refractivity contribution in [2.75, 3.05) is 5.75 Å². The summed E-state index contributed by atoms with van der Waals surface area (Å²) in [4.78, 5) is 4.32. The molecule has 0 aliphatic heterocycles. The molecular formula is C9H13N3S. The third-order valence-electron chi connectivity index (χ3n) is 1.43. The molecule has 0 aromatic carbocycles. The number of aromatic nitrogens is 3. The number of hydrogen-bond donors (Lipinski definition) is 1. The molecule has 0 bridgehead atoms. The highest BCUT2D eigenvalue weighted by molar-refractivity contribution is 7.99. The first-order valence-corrected chi connectivity index (χ1v) is 5.02. The van der Waals surface area contributed by atoms with E-state index in [0.29, 0.717) is 5.75 Å². The Bertz CT molecular complexity index is 316. The van der Waals surface area contributed by atoms with Crippen molar-refractivity contribution < 1.29 is 0 Å². The number of rotatable bonds is 2. The Kier molecular flexibility index (Phi) is 2.99. The highest BCUT2D eigenvalue weighted by Crippen LogP contribution is 2.20. The predicted molar refractivity (Wildman–Crippen MR) is 54.6 cm³/mol. The maximum absolute atomic E-state index is 5.14. The van der Waals surface area contributed by atoms with Gasteiger partial charge in [-0.1, -0.05) is 38.5 Å². The Labute approximate surface area is 82.7 Å². The topological polar surface area (TPSA) is 41.6 Å². The zero-order valence-electron chi connectivity index (χ0n) is 8.09. The van der Waals surface area contributed by atoms with Gasteiger partial charge in [0, 0.05) is 5.41 Å². The van der Waals surface area contributed by atoms with Gasteiger partial charge in [0.25, 0.3) is 0 Å². The second-order valence-corrected chi connectivity index (χ2v) is 4.67. The van der Waals surface area contributed by atoms with Gasteiger partial charge in [0.15, 0.2) is 11.0 Å². The van der Waals surface area contributed by atoms with Crippen LogP contribution in [-0.2, 0) is 5.41 Å². The number of nitrogens with one attached hydrogen (secondary N) is 1. The van der Waals surface area contributed by atoms with Crippen LogP contribution in [0.1, 0.15) is 26.6 Å². The minimum atomic E-state index is -0.00848. The van der Waals surface area contributed by atoms with Gasteiger partial charge < -0.3 is 0 Å². The molecular weight excluding hydrogens is 182 g/mol. The first-order chi connectivity index (χ1) is 6.04. The van der Waals surface area contributed by atoms with Gasteiger partial charge in [-0.05, 0) is 0 Å². The maximum atomic E-state index is 5.14. The maximum Gasteiger partial charge on any atom is 0.184 e. The Morgan fingerprint density at radius 1 is 1.54 bits per heavy atom. The molecule has 0 amide bonds. The Morgan fingerprint density at radius 2 is 2.23 bits per heavy atom. The van der Waals surface area contributed by atoms with E-state index in [0.717, 1.165) is 11.0 Å². The molecule has 1 aromatic rings. The Morgan fingerprint density at radius 3 is 2.69 bits per heavy atom. The molecule has 1 N–H and O–H groups in total. The molecule has 0 radical (unpaired) electrons. The van der Waals surface area contributed by atoms with E-state index in [1.807, 2.05) is 0 Å². The van der Waals surface area contributed by atoms with Crippen LogP contribution in [0.4, 0.5) is 0 Å². The van der Waals surface area contributed by atoms with Crippen molar-refractivity contribution in [1.29, 1.82) is 0 Å². The van der Waals surface area contributed by atoms with Gasteiger partial charge in [-0.25, -0.2) is 4.98 Å². The molecule has 0 saturated carbocycles. The lowest BCUT2D eigenvalue weighted by Gasteiger charge is -2.11. The van der Waals surface area contributed by atoms with Gasteiger partial charge in [-0.2, -0.15) is 5.10 Å². The highest BCUT2D eigenvalue weighted by Gasteiger charge is 2.19. The summed E-state index contributed by atoms with van der Waals surface area (Å²) < 4.78 is 0. The van der Waals surface area contributed by atoms with E-state index in [1.165, 1.54) is 11.8 Å². The Hall–Kier alpha value is -0.950. The van der Waals surface area contributed by atoms with Gasteiger partial charge >= 0.3 is 0 Å². The zero-order chi connectivity index (χ0) is 9.90. The quantitative estimate of drug-likeness (QED) is 0.578. The lowest BCUT2D eigenvalue weighted by Crippen LogP contribution is -2.13. The first-order valence-electron chi connectivity index (χ1n) is 4.03. The van der Waals surface area contributed by atoms with Crippen LogP contribution in [0, 0.1) is 12.3 Å². The van der Waals surface area contributed by atoms with Crippen molar-refractivity contribution in [3.8, 4) is 12.3 Å². The monoisotopic (exact) mass is 195 g/mol. The van der Waals surface area contributed by atoms with Crippen molar-refractivity contribution in [2.24, 2.45) is 0 Å². The van der Waals surface area contributed by atoms with E-state index in [4.69, 9.17) is 6.42 Å². The van der Waals surface area contributed by atoms with Crippen LogP contribution in [0.2, 0.25) is 0 Å². The van der Waals surface area contributed by atoms with E-state index in [2.05, 4.69) is 41.9 Å². The smallest absolute Gasteiger partial charge is 0.184 e. The average Bonchev–Trinajstić information content (AvgIpc) is 2.47. The highest BCUT2D eigenvalue weighted by atomic mass is 32.2. The van der Waals surface area contributed by atoms with Gasteiger partial charge in [0.05, 0.1) is 5.75 Å². The third kappa shape index (κ3) is 2.78. The van der Waals surface area contributed by atoms with Crippen LogP contribution in [0.25, 0.3) is 0 Å². The van der Waals surface area contributed by atoms with Crippen molar-refractivity contribution in [3.63, 3.8) is 0 Å². The lowest BCUT2D eigenvalue weighted by molar-refractivity contribution is 0.547. The van der Waals surface area contributed by atoms with Gasteiger partial charge in [0.2, 0.25) is 0 Å². The summed E-state index contributed by atoms with van der Waals surface area (Å²) in [7, 11) is 0. The number of H-pyrrole nitrogens is 1. The molecule has 0 saturated heterocycles. The average molecular weight is 195 g/mol. The molecule has 1 heterocycles. The summed E-state index contributed by atoms with van der Waals surface area (Å²) in [5.41, 5.74) is -0.00848. The fourth-order valence-corrected chi connectivity index (χ4v) is 1.24. The molecule has 1 rings (SSSR count). The van der Waals surface area contributed by atoms with Crippen LogP contribution in [0.15, 0.2) is 5.16 Å². The number of aromatic amines is 1. The van der Waals surface area contributed by atoms with E-state index < -0.39 is 0 Å². The summed E-state index contributed by atoms with van der Waals surface area (Å²) in [6.07, 6.45) is 5.14. The molecule has 0 aliphatic rings. The third-order valence-corrected chi connectivity index (χ3v) is 2.19. The number of terminal acetylenes is 1. The van der Waals surface area contributed by atoms with Crippen molar-refractivity contribution in [1.82, 2.24) is 15.2 Å². The summed E-state index contributed by atoms with van der Waals surface area (Å²) >= 11 is 1.49. The van der Waals surface area contributed by atoms with Crippen molar-refractivity contribution in [2.45, 2.75) is 31.3 Å². The molecule has 1 aromatic heterocycles. The zero-order valence-corrected chi connectivity index (χ0v) is 8.90.